The predicted octanol–water partition coefficient (Wildman–Crippen LogP) is 12.1. The lowest BCUT2D eigenvalue weighted by Gasteiger charge is -2.30. The smallest absolute Gasteiger partial charge is 0.410 e. The molecule has 0 aliphatic carbocycles. The molecule has 0 bridgehead atoms. The molecular weight excluding hydrogens is 1140 g/mol. The van der Waals surface area contributed by atoms with Gasteiger partial charge in [0.25, 0.3) is 0 Å². The number of aromatic nitrogens is 2. The molecule has 2 aliphatic heterocycles. The van der Waals surface area contributed by atoms with E-state index in [1.807, 2.05) is 71.9 Å². The van der Waals surface area contributed by atoms with Crippen molar-refractivity contribution >= 4 is 132 Å². The maximum absolute atomic E-state index is 12.8. The van der Waals surface area contributed by atoms with Gasteiger partial charge in [-0.3, -0.25) is 9.59 Å². The third-order valence-corrected chi connectivity index (χ3v) is 15.9. The molecule has 6 heterocycles. The maximum Gasteiger partial charge on any atom is 0.410 e. The van der Waals surface area contributed by atoms with Crippen LogP contribution in [-0.4, -0.2) is 115 Å². The first-order chi connectivity index (χ1) is 34.2. The van der Waals surface area contributed by atoms with Crippen LogP contribution in [0.5, 0.6) is 0 Å². The van der Waals surface area contributed by atoms with Crippen molar-refractivity contribution in [3.05, 3.63) is 78.9 Å². The van der Waals surface area contributed by atoms with Gasteiger partial charge in [0.2, 0.25) is 11.8 Å². The molecule has 0 spiro atoms. The molecule has 4 aromatic heterocycles. The number of halogens is 2. The Labute approximate surface area is 460 Å². The number of nitrogens with two attached hydrogens (primary N) is 1. The number of hydrogen-bond acceptors (Lipinski definition) is 16. The van der Waals surface area contributed by atoms with E-state index in [0.717, 1.165) is 81.4 Å². The van der Waals surface area contributed by atoms with E-state index in [-0.39, 0.29) is 31.4 Å². The zero-order chi connectivity index (χ0) is 52.3. The molecule has 16 nitrogen and oxygen atoms in total. The van der Waals surface area contributed by atoms with Crippen LogP contribution < -0.4 is 21.7 Å². The van der Waals surface area contributed by atoms with E-state index in [2.05, 4.69) is 65.2 Å². The minimum Gasteiger partial charge on any atom is -0.444 e. The van der Waals surface area contributed by atoms with Crippen LogP contribution in [0.3, 0.4) is 0 Å². The van der Waals surface area contributed by atoms with Gasteiger partial charge in [0.15, 0.2) is 0 Å². The minimum absolute atomic E-state index is 0. The number of carbonyl (C=O) groups is 4. The summed E-state index contributed by atoms with van der Waals surface area (Å²) < 4.78 is 24.9. The van der Waals surface area contributed by atoms with Gasteiger partial charge < -0.3 is 50.4 Å². The fourth-order valence-electron chi connectivity index (χ4n) is 7.38. The van der Waals surface area contributed by atoms with Gasteiger partial charge in [-0.1, -0.05) is 45.9 Å². The van der Waals surface area contributed by atoms with Crippen molar-refractivity contribution in [1.29, 1.82) is 0 Å². The highest BCUT2D eigenvalue weighted by Gasteiger charge is 2.33. The van der Waals surface area contributed by atoms with Crippen molar-refractivity contribution in [1.82, 2.24) is 25.1 Å². The maximum atomic E-state index is 12.8. The van der Waals surface area contributed by atoms with Crippen molar-refractivity contribution in [3.63, 3.8) is 0 Å². The zero-order valence-electron chi connectivity index (χ0n) is 41.8. The molecule has 8 rings (SSSR count). The second-order valence-corrected chi connectivity index (χ2v) is 24.6. The topological polar surface area (TPSA) is 200 Å². The summed E-state index contributed by atoms with van der Waals surface area (Å²) in [4.78, 5) is 65.4. The fourth-order valence-corrected chi connectivity index (χ4v) is 13.3. The number of amides is 4. The lowest BCUT2D eigenvalue weighted by molar-refractivity contribution is -0.116. The van der Waals surface area contributed by atoms with Gasteiger partial charge in [0.05, 0.1) is 46.7 Å². The van der Waals surface area contributed by atoms with Gasteiger partial charge in [-0.25, -0.2) is 19.6 Å². The summed E-state index contributed by atoms with van der Waals surface area (Å²) >= 11 is 13.2. The first-order valence-corrected chi connectivity index (χ1v) is 28.1. The summed E-state index contributed by atoms with van der Waals surface area (Å²) in [6.45, 7) is 19.9. The summed E-state index contributed by atoms with van der Waals surface area (Å²) in [6, 6.07) is 12.0. The van der Waals surface area contributed by atoms with Crippen LogP contribution in [-0.2, 0) is 54.5 Å². The normalized spacial score (nSPS) is 13.1. The summed E-state index contributed by atoms with van der Waals surface area (Å²) in [6.07, 6.45) is 2.31. The van der Waals surface area contributed by atoms with Crippen molar-refractivity contribution in [3.8, 4) is 21.1 Å². The minimum atomic E-state index is -0.552. The molecule has 0 saturated heterocycles. The Morgan fingerprint density at radius 2 is 1.19 bits per heavy atom. The number of benzene rings is 2. The second kappa shape index (κ2) is 26.9. The van der Waals surface area contributed by atoms with Crippen LogP contribution in [0.4, 0.5) is 19.6 Å². The van der Waals surface area contributed by atoms with E-state index in [4.69, 9.17) is 29.9 Å². The fraction of sp³-hybridized carbons (Fsp3) is 0.451. The van der Waals surface area contributed by atoms with E-state index < -0.39 is 11.2 Å². The average Bonchev–Trinajstić information content (AvgIpc) is 4.09. The number of carbonyl (C=O) groups excluding carboxylic acids is 4. The van der Waals surface area contributed by atoms with Crippen molar-refractivity contribution in [2.75, 3.05) is 70.8 Å². The Hall–Kier alpha value is -4.36. The van der Waals surface area contributed by atoms with Gasteiger partial charge in [0.1, 0.15) is 31.2 Å². The first kappa shape index (κ1) is 59.5. The largest absolute Gasteiger partial charge is 0.444 e. The molecule has 0 unspecified atom stereocenters. The molecule has 2 aromatic carbocycles. The van der Waals surface area contributed by atoms with E-state index in [0.29, 0.717) is 78.3 Å². The van der Waals surface area contributed by atoms with Gasteiger partial charge in [-0.2, -0.15) is 0 Å². The van der Waals surface area contributed by atoms with E-state index in [1.165, 1.54) is 28.7 Å². The zero-order valence-corrected chi connectivity index (χ0v) is 48.2. The van der Waals surface area contributed by atoms with E-state index in [9.17, 15) is 19.2 Å². The molecule has 73 heavy (non-hydrogen) atoms. The van der Waals surface area contributed by atoms with Crippen LogP contribution >= 0.6 is 77.2 Å². The first-order valence-electron chi connectivity index (χ1n) is 23.2. The number of hydrogen-bond donors (Lipinski definition) is 4. The average molecular weight is 1210 g/mol. The number of anilines is 2. The molecule has 0 radical (unpaired) electrons. The Morgan fingerprint density at radius 3 is 1.60 bits per heavy atom. The van der Waals surface area contributed by atoms with Crippen LogP contribution in [0.25, 0.3) is 41.6 Å². The Bertz CT molecular complexity index is 2880. The van der Waals surface area contributed by atoms with E-state index >= 15 is 0 Å². The molecule has 0 saturated carbocycles. The number of fused-ring (bicyclic) bond motifs is 4. The standard InChI is InChI=1S/C25H31BrN4O4S2.C22H22BrN3O3S2.C3H9NO.CH4/c1-25(2,3)34-24(32)30-11-8-16-19(14-30)36-23(29-20(31)7-9-27-10-12-33-4)21(16)22-28-17-6-5-15(26)13-18(17)35-22;1-5-17(27)25-20-18(19-24-14-7-6-12(23)10-15(14)30-19)13-8-9-26(11-16(13)31-20)21(28)29-22(2,3)4;1-5-3-2-4;/h5-6,13,27H,7-12,14H2,1-4H3,(H,29,31);5-7,10H,1,8-9,11H2,2-4H3,(H,25,27);2-4H2,1H3;1H4. The molecule has 0 fully saturated rings. The summed E-state index contributed by atoms with van der Waals surface area (Å²) in [5.41, 5.74) is 9.93. The molecule has 5 N–H and O–H groups in total. The second-order valence-electron chi connectivity index (χ2n) is 18.5. The number of methoxy groups -OCH3 is 2. The molecule has 6 aromatic rings. The number of rotatable bonds is 13. The molecule has 0 atom stereocenters. The molecular formula is C51H66Br2N8O8S4. The lowest BCUT2D eigenvalue weighted by atomic mass is 10.0. The quantitative estimate of drug-likeness (QED) is 0.0631. The highest BCUT2D eigenvalue weighted by Crippen LogP contribution is 2.48. The van der Waals surface area contributed by atoms with Crippen molar-refractivity contribution < 1.29 is 38.1 Å². The molecule has 396 valence electrons. The number of ether oxygens (including phenoxy) is 4. The van der Waals surface area contributed by atoms with Crippen LogP contribution in [0.1, 0.15) is 76.3 Å². The predicted molar refractivity (Wildman–Crippen MR) is 306 cm³/mol. The van der Waals surface area contributed by atoms with Crippen molar-refractivity contribution in [2.45, 2.75) is 92.5 Å². The summed E-state index contributed by atoms with van der Waals surface area (Å²) in [7, 11) is 3.28. The highest BCUT2D eigenvalue weighted by atomic mass is 79.9. The van der Waals surface area contributed by atoms with Crippen molar-refractivity contribution in [2.24, 2.45) is 5.73 Å². The van der Waals surface area contributed by atoms with Crippen LogP contribution in [0.15, 0.2) is 58.0 Å². The van der Waals surface area contributed by atoms with Gasteiger partial charge >= 0.3 is 12.2 Å². The SMILES string of the molecule is C.C=CC(=O)Nc1sc2c(c1-c1nc3ccc(Br)cc3s1)CCN(C(=O)OC(C)(C)C)C2.COCCN.COCCNCCC(=O)Nc1sc2c(c1-c1nc3ccc(Br)cc3s1)CCN(C(=O)OC(C)(C)C)C2. The Morgan fingerprint density at radius 1 is 0.726 bits per heavy atom. The molecule has 22 heteroatoms. The van der Waals surface area contributed by atoms with E-state index in [1.54, 1.807) is 46.7 Å². The third kappa shape index (κ3) is 16.6. The third-order valence-electron chi connectivity index (χ3n) is 10.6. The Kier molecular flexibility index (Phi) is 21.9. The lowest BCUT2D eigenvalue weighted by Crippen LogP contribution is -2.39. The Balaban J connectivity index is 0.000000247. The number of thiophene rings is 2. The van der Waals surface area contributed by atoms with Gasteiger partial charge in [-0.05, 0) is 108 Å². The highest BCUT2D eigenvalue weighted by molar-refractivity contribution is 9.10. The molecule has 2 aliphatic rings. The van der Waals surface area contributed by atoms with Crippen LogP contribution in [0.2, 0.25) is 0 Å². The van der Waals surface area contributed by atoms with Crippen LogP contribution in [0, 0.1) is 0 Å². The number of nitrogens with zero attached hydrogens (tertiary/aromatic N) is 4. The summed E-state index contributed by atoms with van der Waals surface area (Å²) in [5.74, 6) is -0.333. The monoisotopic (exact) mass is 1200 g/mol. The molecule has 4 amide bonds. The summed E-state index contributed by atoms with van der Waals surface area (Å²) in [5, 5.41) is 12.5. The van der Waals surface area contributed by atoms with Gasteiger partial charge in [0, 0.05) is 83.2 Å². The number of nitrogens with one attached hydrogen (secondary N) is 3. The van der Waals surface area contributed by atoms with Gasteiger partial charge in [-0.15, -0.1) is 45.3 Å². The number of thiazole rings is 2.